The summed E-state index contributed by atoms with van der Waals surface area (Å²) in [5, 5.41) is 15.2. The first-order valence-electron chi connectivity index (χ1n) is 36.5. The van der Waals surface area contributed by atoms with Crippen LogP contribution in [-0.2, 0) is 68.8 Å². The molecule has 1 fully saturated rings. The summed E-state index contributed by atoms with van der Waals surface area (Å²) in [6.07, 6.45) is 1.22. The molecule has 24 heteroatoms. The number of hydrogen-bond donors (Lipinski definition) is 2. The highest BCUT2D eigenvalue weighted by Crippen LogP contribution is 2.30. The first kappa shape index (κ1) is 90.0. The van der Waals surface area contributed by atoms with Gasteiger partial charge in [-0.3, -0.25) is 52.7 Å². The third-order valence-electron chi connectivity index (χ3n) is 20.0. The fourth-order valence-corrected chi connectivity index (χ4v) is 13.6. The maximum atomic E-state index is 15.6. The quantitative estimate of drug-likeness (QED) is 0.104. The summed E-state index contributed by atoms with van der Waals surface area (Å²) in [7, 11) is 13.1. The van der Waals surface area contributed by atoms with Crippen molar-refractivity contribution in [2.24, 2.45) is 59.2 Å². The molecule has 1 unspecified atom stereocenters. The number of nitrogens with zero attached hydrogens (tertiary/aromatic N) is 8. The van der Waals surface area contributed by atoms with Gasteiger partial charge in [0.25, 0.3) is 0 Å². The lowest BCUT2D eigenvalue weighted by Gasteiger charge is -2.41. The largest absolute Gasteiger partial charge is 0.445 e. The van der Waals surface area contributed by atoms with Crippen molar-refractivity contribution < 1.29 is 72.1 Å². The van der Waals surface area contributed by atoms with E-state index in [4.69, 9.17) is 9.47 Å². The molecule has 1 aromatic carbocycles. The van der Waals surface area contributed by atoms with Crippen LogP contribution < -0.4 is 5.32 Å². The van der Waals surface area contributed by atoms with Gasteiger partial charge in [0.2, 0.25) is 47.3 Å². The maximum absolute atomic E-state index is 15.6. The summed E-state index contributed by atoms with van der Waals surface area (Å²) in [6, 6.07) is -1.21. The maximum Gasteiger partial charge on any atom is 0.409 e. The van der Waals surface area contributed by atoms with Crippen molar-refractivity contribution in [2.45, 2.75) is 236 Å². The Balaban J connectivity index is 3.14. The number of likely N-dealkylation sites (N-methyl/N-ethyl adjacent to an activating group) is 7. The van der Waals surface area contributed by atoms with E-state index in [0.29, 0.717) is 0 Å². The topological polar surface area (TPSA) is 281 Å². The minimum Gasteiger partial charge on any atom is -0.445 e. The highest BCUT2D eigenvalue weighted by atomic mass is 16.6. The number of nitrogens with one attached hydrogen (secondary N) is 1. The molecule has 24 nitrogen and oxygen atoms in total. The summed E-state index contributed by atoms with van der Waals surface area (Å²) < 4.78 is 11.2. The van der Waals surface area contributed by atoms with Crippen LogP contribution in [0.4, 0.5) is 4.79 Å². The van der Waals surface area contributed by atoms with E-state index in [9.17, 15) is 24.3 Å². The zero-order valence-electron chi connectivity index (χ0n) is 65.9. The normalized spacial score (nSPS) is 25.6. The predicted molar refractivity (Wildman–Crippen MR) is 391 cm³/mol. The van der Waals surface area contributed by atoms with Gasteiger partial charge in [0.1, 0.15) is 48.6 Å². The Kier molecular flexibility index (Phi) is 37.9. The molecule has 9 amide bonds. The van der Waals surface area contributed by atoms with Crippen LogP contribution in [0.5, 0.6) is 0 Å². The predicted octanol–water partition coefficient (Wildman–Crippen LogP) is 8.19. The van der Waals surface area contributed by atoms with Crippen molar-refractivity contribution in [1.29, 1.82) is 0 Å². The average molecular weight is 1420 g/mol. The van der Waals surface area contributed by atoms with Gasteiger partial charge in [-0.25, -0.2) is 4.79 Å². The minimum absolute atomic E-state index is 0.00286. The first-order valence-corrected chi connectivity index (χ1v) is 36.5. The van der Waals surface area contributed by atoms with Crippen molar-refractivity contribution in [2.75, 3.05) is 76.6 Å². The molecule has 572 valence electrons. The monoisotopic (exact) mass is 1420 g/mol. The molecule has 14 atom stereocenters. The molecule has 1 aliphatic heterocycles. The number of hydrogen-bond acceptors (Lipinski definition) is 15. The SMILES string of the molecule is C/C=C/C[C@@H](C)[C@@H](O)[C@H]1C(=O)N[C@@H](CC)C(=O)N(C)[C@H](CCCN(C)C(=O)OCc2ccccc2)C(=O)N(C)C([C@H](C)COC)C(=O)C[C@@H](C(C)C)C(=O)N(C)[C@@H](CC(C)C)C(=O)C[C@@H](C)C(=O)C[C@H](C)C(=O)N(C)[C@@H](CC(C)C)C(=O)N(C)[C@@H](CC(C)C)C(=O)N(C)[C@@H](C(C)C)C(=O)N1C. The van der Waals surface area contributed by atoms with Crippen molar-refractivity contribution >= 4 is 70.7 Å². The van der Waals surface area contributed by atoms with E-state index >= 15 is 38.4 Å². The number of benzene rings is 1. The van der Waals surface area contributed by atoms with Crippen molar-refractivity contribution in [3.05, 3.63) is 48.0 Å². The Morgan fingerprint density at radius 2 is 1.05 bits per heavy atom. The zero-order valence-corrected chi connectivity index (χ0v) is 65.9. The number of Topliss-reactive ketones (excluding diaryl/α,β-unsaturated/α-hetero) is 3. The molecule has 0 aliphatic carbocycles. The number of amides is 9. The Bertz CT molecular complexity index is 2940. The lowest BCUT2D eigenvalue weighted by Crippen LogP contribution is -2.64. The third kappa shape index (κ3) is 25.7. The molecule has 2 rings (SSSR count). The summed E-state index contributed by atoms with van der Waals surface area (Å²) in [5.41, 5.74) is 0.763. The number of carbonyl (C=O) groups is 12. The van der Waals surface area contributed by atoms with Gasteiger partial charge in [0.05, 0.1) is 24.8 Å². The van der Waals surface area contributed by atoms with Gasteiger partial charge in [-0.15, -0.1) is 0 Å². The van der Waals surface area contributed by atoms with Crippen LogP contribution in [0.1, 0.15) is 181 Å². The third-order valence-corrected chi connectivity index (χ3v) is 20.0. The number of ketones is 3. The fraction of sp³-hybridized carbons (Fsp3) is 0.740. The Morgan fingerprint density at radius 3 is 1.55 bits per heavy atom. The highest BCUT2D eigenvalue weighted by Gasteiger charge is 2.47. The number of ether oxygens (including phenoxy) is 2. The van der Waals surface area contributed by atoms with Crippen molar-refractivity contribution in [3.8, 4) is 0 Å². The lowest BCUT2D eigenvalue weighted by atomic mass is 9.83. The molecule has 1 aliphatic rings. The summed E-state index contributed by atoms with van der Waals surface area (Å²) >= 11 is 0. The number of aliphatic hydroxyl groups excluding tert-OH is 1. The number of allylic oxidation sites excluding steroid dienone is 2. The van der Waals surface area contributed by atoms with Gasteiger partial charge in [-0.2, -0.15) is 0 Å². The van der Waals surface area contributed by atoms with Gasteiger partial charge < -0.3 is 59.1 Å². The van der Waals surface area contributed by atoms with E-state index < -0.39 is 161 Å². The number of rotatable bonds is 22. The summed E-state index contributed by atoms with van der Waals surface area (Å²) in [4.78, 5) is 190. The second-order valence-electron chi connectivity index (χ2n) is 30.6. The van der Waals surface area contributed by atoms with Crippen molar-refractivity contribution in [1.82, 2.24) is 44.5 Å². The minimum atomic E-state index is -1.68. The van der Waals surface area contributed by atoms with Crippen LogP contribution in [0.3, 0.4) is 0 Å². The Hall–Kier alpha value is -7.08. The molecule has 1 saturated heterocycles. The molecule has 1 aromatic rings. The molecule has 1 heterocycles. The van der Waals surface area contributed by atoms with Crippen molar-refractivity contribution in [3.63, 3.8) is 0 Å². The molecule has 2 N–H and O–H groups in total. The zero-order chi connectivity index (χ0) is 77.4. The number of aliphatic hydroxyl groups is 1. The summed E-state index contributed by atoms with van der Waals surface area (Å²) in [6.45, 7) is 28.4. The Labute approximate surface area is 604 Å². The molecular weight excluding hydrogens is 1290 g/mol. The number of carbonyl (C=O) groups excluding carboxylic acids is 12. The number of methoxy groups -OCH3 is 1. The second kappa shape index (κ2) is 42.5. The molecule has 0 spiro atoms. The first-order chi connectivity index (χ1) is 47.1. The van der Waals surface area contributed by atoms with Crippen LogP contribution in [0.25, 0.3) is 0 Å². The van der Waals surface area contributed by atoms with Gasteiger partial charge in [0, 0.05) is 113 Å². The van der Waals surface area contributed by atoms with Gasteiger partial charge >= 0.3 is 6.09 Å². The van der Waals surface area contributed by atoms with E-state index in [-0.39, 0.29) is 108 Å². The van der Waals surface area contributed by atoms with E-state index in [2.05, 4.69) is 5.32 Å². The standard InChI is InChI=1S/C77H129N9O15/c1-26-28-33-51(13)68(90)67-69(91)78-57(27-2)72(94)80(18)58(36-32-37-79(17)77(99)101-45-55-34-30-29-31-35-55)73(95)85(23)66(54(16)44-100-25)64(89)43-56(49(9)10)71(93)81(19)59(38-46(3)4)63(88)41-52(14)62(87)42-53(15)70(92)82(20)60(39-47(5)6)74(96)83(21)61(40-48(7)8)75(97)84(22)65(50(11)12)76(98)86(67)24/h26,28-31,34-35,46-54,56-61,65-68,90H,27,32-33,36-45H2,1-25H3,(H,78,91)/b28-26+/t51-,52-,53+,54-,56+,57+,58-,59+,60+,61+,65+,66?,67+,68-/m1/s1. The highest BCUT2D eigenvalue weighted by molar-refractivity contribution is 6.00. The van der Waals surface area contributed by atoms with E-state index in [1.54, 1.807) is 81.4 Å². The van der Waals surface area contributed by atoms with Gasteiger partial charge in [-0.05, 0) is 92.9 Å². The molecule has 0 bridgehead atoms. The van der Waals surface area contributed by atoms with Crippen LogP contribution in [0, 0.1) is 59.2 Å². The molecular formula is C77H129N9O15. The van der Waals surface area contributed by atoms with Crippen LogP contribution in [-0.4, -0.2) is 246 Å². The molecule has 0 saturated carbocycles. The van der Waals surface area contributed by atoms with Gasteiger partial charge in [-0.1, -0.05) is 146 Å². The van der Waals surface area contributed by atoms with Crippen LogP contribution in [0.15, 0.2) is 42.5 Å². The molecule has 101 heavy (non-hydrogen) atoms. The summed E-state index contributed by atoms with van der Waals surface area (Å²) in [5.74, 6) is -12.4. The molecule has 0 radical (unpaired) electrons. The van der Waals surface area contributed by atoms with Crippen LogP contribution in [0.2, 0.25) is 0 Å². The Morgan fingerprint density at radius 1 is 0.574 bits per heavy atom. The van der Waals surface area contributed by atoms with E-state index in [1.807, 2.05) is 71.9 Å². The lowest BCUT2D eigenvalue weighted by molar-refractivity contribution is -0.157. The van der Waals surface area contributed by atoms with Crippen LogP contribution >= 0.6 is 0 Å². The smallest absolute Gasteiger partial charge is 0.409 e. The van der Waals surface area contributed by atoms with E-state index in [0.717, 1.165) is 10.5 Å². The van der Waals surface area contributed by atoms with Gasteiger partial charge in [0.15, 0.2) is 11.6 Å². The average Bonchev–Trinajstić information content (AvgIpc) is 0.813. The molecule has 0 aromatic heterocycles. The fourth-order valence-electron chi connectivity index (χ4n) is 13.6. The van der Waals surface area contributed by atoms with E-state index in [1.165, 1.54) is 97.8 Å². The second-order valence-corrected chi connectivity index (χ2v) is 30.6.